The Balaban J connectivity index is 0.00000192. The number of anilines is 1. The molecule has 3 rings (SSSR count). The molecule has 1 aliphatic carbocycles. The lowest BCUT2D eigenvalue weighted by molar-refractivity contribution is -0.222. The van der Waals surface area contributed by atoms with E-state index in [2.05, 4.69) is 11.4 Å². The zero-order chi connectivity index (χ0) is 16.1. The molecule has 4 nitrogen and oxygen atoms in total. The van der Waals surface area contributed by atoms with Crippen LogP contribution in [0.2, 0.25) is 0 Å². The summed E-state index contributed by atoms with van der Waals surface area (Å²) >= 11 is 0. The number of benzene rings is 1. The van der Waals surface area contributed by atoms with Crippen molar-refractivity contribution in [3.8, 4) is 0 Å². The molecule has 128 valence electrons. The molecule has 2 fully saturated rings. The molecule has 0 aromatic heterocycles. The van der Waals surface area contributed by atoms with E-state index < -0.39 is 5.54 Å². The number of rotatable bonds is 2. The first-order valence-corrected chi connectivity index (χ1v) is 8.07. The summed E-state index contributed by atoms with van der Waals surface area (Å²) < 4.78 is 5.87. The molecule has 3 N–H and O–H groups in total. The van der Waals surface area contributed by atoms with Crippen LogP contribution in [0.3, 0.4) is 0 Å². The summed E-state index contributed by atoms with van der Waals surface area (Å²) in [5, 5.41) is 3.04. The summed E-state index contributed by atoms with van der Waals surface area (Å²) in [6.07, 6.45) is 2.04. The Bertz CT molecular complexity index is 597. The maximum absolute atomic E-state index is 12.9. The van der Waals surface area contributed by atoms with Gasteiger partial charge in [0.2, 0.25) is 5.91 Å². The fourth-order valence-electron chi connectivity index (χ4n) is 4.32. The SMILES string of the molecule is Cc1cc(C)cc(NC(=O)C2(N)C3CCCOC3C2(C)C)c1.Cl. The lowest BCUT2D eigenvalue weighted by Gasteiger charge is -2.65. The van der Waals surface area contributed by atoms with Crippen molar-refractivity contribution >= 4 is 24.0 Å². The summed E-state index contributed by atoms with van der Waals surface area (Å²) in [5.41, 5.74) is 8.49. The van der Waals surface area contributed by atoms with Crippen LogP contribution in [0.25, 0.3) is 0 Å². The third-order valence-electron chi connectivity index (χ3n) is 5.54. The fraction of sp³-hybridized carbons (Fsp3) is 0.611. The van der Waals surface area contributed by atoms with Crippen molar-refractivity contribution in [3.63, 3.8) is 0 Å². The van der Waals surface area contributed by atoms with Crippen LogP contribution in [0.5, 0.6) is 0 Å². The van der Waals surface area contributed by atoms with Gasteiger partial charge in [0.25, 0.3) is 0 Å². The van der Waals surface area contributed by atoms with Crippen molar-refractivity contribution in [1.82, 2.24) is 0 Å². The topological polar surface area (TPSA) is 64.4 Å². The Morgan fingerprint density at radius 1 is 1.26 bits per heavy atom. The van der Waals surface area contributed by atoms with Crippen LogP contribution in [0.1, 0.15) is 37.8 Å². The number of aryl methyl sites for hydroxylation is 2. The lowest BCUT2D eigenvalue weighted by atomic mass is 9.46. The van der Waals surface area contributed by atoms with E-state index in [4.69, 9.17) is 10.5 Å². The molecule has 1 saturated carbocycles. The maximum Gasteiger partial charge on any atom is 0.245 e. The minimum Gasteiger partial charge on any atom is -0.377 e. The second kappa shape index (κ2) is 6.08. The molecular formula is C18H27ClN2O2. The highest BCUT2D eigenvalue weighted by Crippen LogP contribution is 2.57. The molecule has 1 saturated heterocycles. The predicted octanol–water partition coefficient (Wildman–Crippen LogP) is 3.20. The van der Waals surface area contributed by atoms with Gasteiger partial charge in [-0.25, -0.2) is 0 Å². The Kier molecular flexibility index (Phi) is 4.82. The Hall–Kier alpha value is -1.10. The van der Waals surface area contributed by atoms with Crippen molar-refractivity contribution in [3.05, 3.63) is 29.3 Å². The van der Waals surface area contributed by atoms with Gasteiger partial charge in [-0.15, -0.1) is 12.4 Å². The summed E-state index contributed by atoms with van der Waals surface area (Å²) in [6.45, 7) is 8.92. The molecule has 3 atom stereocenters. The monoisotopic (exact) mass is 338 g/mol. The van der Waals surface area contributed by atoms with Crippen LogP contribution in [-0.4, -0.2) is 24.2 Å². The van der Waals surface area contributed by atoms with Crippen molar-refractivity contribution in [1.29, 1.82) is 0 Å². The highest BCUT2D eigenvalue weighted by molar-refractivity contribution is 6.00. The van der Waals surface area contributed by atoms with Crippen molar-refractivity contribution < 1.29 is 9.53 Å². The molecule has 1 aliphatic heterocycles. The van der Waals surface area contributed by atoms with Crippen molar-refractivity contribution in [2.75, 3.05) is 11.9 Å². The van der Waals surface area contributed by atoms with Gasteiger partial charge in [-0.05, 0) is 49.9 Å². The smallest absolute Gasteiger partial charge is 0.245 e. The molecule has 2 aliphatic rings. The molecule has 5 heteroatoms. The maximum atomic E-state index is 12.9. The quantitative estimate of drug-likeness (QED) is 0.870. The summed E-state index contributed by atoms with van der Waals surface area (Å²) in [7, 11) is 0. The van der Waals surface area contributed by atoms with Crippen LogP contribution >= 0.6 is 12.4 Å². The third-order valence-corrected chi connectivity index (χ3v) is 5.54. The van der Waals surface area contributed by atoms with E-state index in [1.165, 1.54) is 0 Å². The number of carbonyl (C=O) groups excluding carboxylic acids is 1. The van der Waals surface area contributed by atoms with Gasteiger partial charge in [0.15, 0.2) is 0 Å². The van der Waals surface area contributed by atoms with E-state index >= 15 is 0 Å². The van der Waals surface area contributed by atoms with Gasteiger partial charge >= 0.3 is 0 Å². The van der Waals surface area contributed by atoms with E-state index in [-0.39, 0.29) is 35.8 Å². The average Bonchev–Trinajstić information content (AvgIpc) is 2.45. The number of ether oxygens (including phenoxy) is 1. The number of nitrogens with one attached hydrogen (secondary N) is 1. The Labute approximate surface area is 144 Å². The molecule has 1 heterocycles. The van der Waals surface area contributed by atoms with Crippen LogP contribution in [0.4, 0.5) is 5.69 Å². The van der Waals surface area contributed by atoms with Crippen LogP contribution in [-0.2, 0) is 9.53 Å². The Morgan fingerprint density at radius 3 is 2.48 bits per heavy atom. The number of carbonyl (C=O) groups is 1. The van der Waals surface area contributed by atoms with Crippen LogP contribution < -0.4 is 11.1 Å². The van der Waals surface area contributed by atoms with Crippen LogP contribution in [0, 0.1) is 25.2 Å². The van der Waals surface area contributed by atoms with Gasteiger partial charge in [-0.3, -0.25) is 4.79 Å². The molecule has 0 spiro atoms. The number of amides is 1. The molecular weight excluding hydrogens is 312 g/mol. The number of hydrogen-bond donors (Lipinski definition) is 2. The highest BCUT2D eigenvalue weighted by atomic mass is 35.5. The number of fused-ring (bicyclic) bond motifs is 1. The first-order chi connectivity index (χ1) is 10.3. The molecule has 0 radical (unpaired) electrons. The van der Waals surface area contributed by atoms with Crippen molar-refractivity contribution in [2.45, 2.75) is 52.2 Å². The minimum atomic E-state index is -0.865. The Morgan fingerprint density at radius 2 is 1.87 bits per heavy atom. The third kappa shape index (κ3) is 2.67. The van der Waals surface area contributed by atoms with Gasteiger partial charge in [-0.1, -0.05) is 19.9 Å². The van der Waals surface area contributed by atoms with E-state index in [1.54, 1.807) is 0 Å². The standard InChI is InChI=1S/C18H26N2O2.ClH/c1-11-8-12(2)10-13(9-11)20-16(21)18(19)14-6-5-7-22-15(14)17(18,3)4;/h8-10,14-15H,5-7,19H2,1-4H3,(H,20,21);1H. The number of nitrogens with two attached hydrogens (primary N) is 1. The van der Waals surface area contributed by atoms with E-state index in [0.29, 0.717) is 0 Å². The van der Waals surface area contributed by atoms with Gasteiger partial charge < -0.3 is 15.8 Å². The molecule has 1 aromatic rings. The average molecular weight is 339 g/mol. The highest BCUT2D eigenvalue weighted by Gasteiger charge is 2.70. The minimum absolute atomic E-state index is 0. The first-order valence-electron chi connectivity index (χ1n) is 8.07. The largest absolute Gasteiger partial charge is 0.377 e. The summed E-state index contributed by atoms with van der Waals surface area (Å²) in [6, 6.07) is 6.05. The molecule has 3 unspecified atom stereocenters. The van der Waals surface area contributed by atoms with Crippen molar-refractivity contribution in [2.24, 2.45) is 17.1 Å². The lowest BCUT2D eigenvalue weighted by Crippen LogP contribution is -2.81. The van der Waals surface area contributed by atoms with Crippen LogP contribution in [0.15, 0.2) is 18.2 Å². The molecule has 23 heavy (non-hydrogen) atoms. The van der Waals surface area contributed by atoms with Gasteiger partial charge in [-0.2, -0.15) is 0 Å². The molecule has 1 amide bonds. The second-order valence-corrected chi connectivity index (χ2v) is 7.46. The molecule has 0 bridgehead atoms. The van der Waals surface area contributed by atoms with E-state index in [9.17, 15) is 4.79 Å². The second-order valence-electron chi connectivity index (χ2n) is 7.46. The van der Waals surface area contributed by atoms with Gasteiger partial charge in [0.1, 0.15) is 5.54 Å². The van der Waals surface area contributed by atoms with Gasteiger partial charge in [0, 0.05) is 23.6 Å². The summed E-state index contributed by atoms with van der Waals surface area (Å²) in [5.74, 6) is 0.0245. The zero-order valence-corrected chi connectivity index (χ0v) is 15.1. The van der Waals surface area contributed by atoms with E-state index in [1.807, 2.05) is 39.8 Å². The first kappa shape index (κ1) is 18.2. The fourth-order valence-corrected chi connectivity index (χ4v) is 4.32. The van der Waals surface area contributed by atoms with Gasteiger partial charge in [0.05, 0.1) is 6.10 Å². The van der Waals surface area contributed by atoms with E-state index in [0.717, 1.165) is 36.3 Å². The number of hydrogen-bond acceptors (Lipinski definition) is 3. The normalized spacial score (nSPS) is 31.3. The zero-order valence-electron chi connectivity index (χ0n) is 14.3. The number of halogens is 1. The summed E-state index contributed by atoms with van der Waals surface area (Å²) in [4.78, 5) is 12.9. The molecule has 1 aromatic carbocycles. The predicted molar refractivity (Wildman–Crippen MR) is 95.0 cm³/mol.